The summed E-state index contributed by atoms with van der Waals surface area (Å²) in [7, 11) is 0. The predicted octanol–water partition coefficient (Wildman–Crippen LogP) is -0.882. The number of fused-ring (bicyclic) bond motifs is 5. The van der Waals surface area contributed by atoms with Crippen LogP contribution in [0.3, 0.4) is 0 Å². The van der Waals surface area contributed by atoms with Crippen LogP contribution in [0.15, 0.2) is 0 Å². The molecule has 0 aliphatic heterocycles. The Labute approximate surface area is 223 Å². The number of hydrogen-bond acceptors (Lipinski definition) is 5. The molecule has 0 aromatic carbocycles. The van der Waals surface area contributed by atoms with Gasteiger partial charge in [0.1, 0.15) is 0 Å². The average molecular weight is 447 g/mol. The van der Waals surface area contributed by atoms with Gasteiger partial charge in [-0.05, 0) is 104 Å². The number of hydrogen-bond donors (Lipinski definition) is 3. The van der Waals surface area contributed by atoms with Gasteiger partial charge in [0.05, 0.1) is 18.3 Å². The molecule has 11 atom stereocenters. The van der Waals surface area contributed by atoms with Crippen molar-refractivity contribution in [2.24, 2.45) is 46.3 Å². The topological polar surface area (TPSA) is 101 Å². The smallest absolute Gasteiger partial charge is 0.550 e. The molecule has 4 saturated carbocycles. The van der Waals surface area contributed by atoms with E-state index in [2.05, 4.69) is 20.8 Å². The first-order valence-corrected chi connectivity index (χ1v) is 11.8. The van der Waals surface area contributed by atoms with Gasteiger partial charge in [-0.1, -0.05) is 20.8 Å². The van der Waals surface area contributed by atoms with Gasteiger partial charge in [-0.15, -0.1) is 0 Å². The van der Waals surface area contributed by atoms with Crippen molar-refractivity contribution in [3.63, 3.8) is 0 Å². The number of carbonyl (C=O) groups excluding carboxylic acids is 1. The molecule has 166 valence electrons. The first kappa shape index (κ1) is 25.6. The van der Waals surface area contributed by atoms with Crippen LogP contribution < -0.4 is 56.5 Å². The summed E-state index contributed by atoms with van der Waals surface area (Å²) in [5, 5.41) is 43.9. The largest absolute Gasteiger partial charge is 1.00 e. The van der Waals surface area contributed by atoms with E-state index in [0.717, 1.165) is 44.9 Å². The van der Waals surface area contributed by atoms with E-state index in [0.29, 0.717) is 18.3 Å². The van der Waals surface area contributed by atoms with Gasteiger partial charge in [0.15, 0.2) is 0 Å². The summed E-state index contributed by atoms with van der Waals surface area (Å²) >= 11 is 0. The molecule has 5 nitrogen and oxygen atoms in total. The molecule has 4 rings (SSSR count). The second kappa shape index (κ2) is 9.32. The summed E-state index contributed by atoms with van der Waals surface area (Å²) in [6, 6.07) is 0. The second-order valence-corrected chi connectivity index (χ2v) is 11.4. The van der Waals surface area contributed by atoms with E-state index in [1.807, 2.05) is 0 Å². The maximum atomic E-state index is 11.5. The zero-order chi connectivity index (χ0) is 21.1. The molecule has 0 radical (unpaired) electrons. The maximum absolute atomic E-state index is 11.5. The van der Waals surface area contributed by atoms with E-state index in [1.54, 1.807) is 0 Å². The molecule has 0 spiro atoms. The van der Waals surface area contributed by atoms with Crippen molar-refractivity contribution in [2.45, 2.75) is 96.9 Å². The number of aliphatic hydroxyl groups is 3. The quantitative estimate of drug-likeness (QED) is 0.487. The molecule has 3 N–H and O–H groups in total. The third kappa shape index (κ3) is 4.04. The molecule has 0 heterocycles. The number of carboxylic acids is 1. The molecule has 0 unspecified atom stereocenters. The SMILES string of the molecule is C[C@H](CCC(=O)[O-])[C@H]1CC[C@H]2[C@@H]3[C@H](O)C[C@@H]4C[C@H](O)CC[C@]4(C)[C@H]3C[C@H](O)[C@]12C.[K+]. The zero-order valence-electron chi connectivity index (χ0n) is 19.2. The maximum Gasteiger partial charge on any atom is 1.00 e. The van der Waals surface area contributed by atoms with Crippen LogP contribution in [-0.4, -0.2) is 39.6 Å². The molecule has 0 saturated heterocycles. The van der Waals surface area contributed by atoms with Gasteiger partial charge in [0, 0.05) is 5.97 Å². The number of carboxylic acid groups (broad SMARTS) is 1. The van der Waals surface area contributed by atoms with Crippen molar-refractivity contribution in [1.82, 2.24) is 0 Å². The standard InChI is InChI=1S/C24H40O5.K/c1-13(4-7-21(28)29)16-5-6-17-22-18(12-20(27)24(16,17)3)23(2)9-8-15(25)10-14(23)11-19(22)26;/h13-20,22,25-27H,4-12H2,1-3H3,(H,28,29);/q;+1/p-1/t13-,14+,15-,16-,17+,18+,19-,20+,22+,23+,24-;/m1./s1. The number of rotatable bonds is 4. The van der Waals surface area contributed by atoms with E-state index >= 15 is 0 Å². The van der Waals surface area contributed by atoms with Crippen LogP contribution in [0.2, 0.25) is 0 Å². The molecule has 0 aromatic rings. The molecule has 4 aliphatic carbocycles. The Morgan fingerprint density at radius 3 is 2.43 bits per heavy atom. The monoisotopic (exact) mass is 446 g/mol. The number of carbonyl (C=O) groups is 1. The first-order chi connectivity index (χ1) is 13.6. The normalized spacial score (nSPS) is 51.1. The Bertz CT molecular complexity index is 643. The summed E-state index contributed by atoms with van der Waals surface area (Å²) in [5.74, 6) is 0.635. The van der Waals surface area contributed by atoms with Crippen LogP contribution in [0.4, 0.5) is 0 Å². The number of aliphatic hydroxyl groups excluding tert-OH is 3. The molecule has 4 fully saturated rings. The van der Waals surface area contributed by atoms with Gasteiger partial charge in [-0.2, -0.15) is 0 Å². The minimum atomic E-state index is -0.998. The Kier molecular flexibility index (Phi) is 7.96. The Balaban J connectivity index is 0.00000256. The Morgan fingerprint density at radius 2 is 1.77 bits per heavy atom. The van der Waals surface area contributed by atoms with Crippen LogP contribution in [0.1, 0.15) is 78.6 Å². The van der Waals surface area contributed by atoms with Crippen molar-refractivity contribution < 1.29 is 76.6 Å². The summed E-state index contributed by atoms with van der Waals surface area (Å²) in [6.07, 6.45) is 5.72. The summed E-state index contributed by atoms with van der Waals surface area (Å²) in [5.41, 5.74) is -0.172. The average Bonchev–Trinajstić information content (AvgIpc) is 3.01. The molecule has 0 aromatic heterocycles. The second-order valence-electron chi connectivity index (χ2n) is 11.4. The van der Waals surface area contributed by atoms with E-state index in [9.17, 15) is 25.2 Å². The molecule has 30 heavy (non-hydrogen) atoms. The van der Waals surface area contributed by atoms with Gasteiger partial charge >= 0.3 is 51.4 Å². The van der Waals surface area contributed by atoms with Gasteiger partial charge in [-0.25, -0.2) is 0 Å². The van der Waals surface area contributed by atoms with Crippen LogP contribution in [0.5, 0.6) is 0 Å². The van der Waals surface area contributed by atoms with Crippen LogP contribution in [-0.2, 0) is 4.79 Å². The van der Waals surface area contributed by atoms with Crippen molar-refractivity contribution in [1.29, 1.82) is 0 Å². The van der Waals surface area contributed by atoms with Gasteiger partial charge in [-0.3, -0.25) is 0 Å². The Morgan fingerprint density at radius 1 is 1.07 bits per heavy atom. The summed E-state index contributed by atoms with van der Waals surface area (Å²) < 4.78 is 0. The van der Waals surface area contributed by atoms with Crippen LogP contribution in [0, 0.1) is 46.3 Å². The van der Waals surface area contributed by atoms with Crippen LogP contribution in [0.25, 0.3) is 0 Å². The van der Waals surface area contributed by atoms with E-state index in [4.69, 9.17) is 0 Å². The zero-order valence-corrected chi connectivity index (χ0v) is 22.3. The number of aliphatic carboxylic acids is 1. The minimum Gasteiger partial charge on any atom is -0.550 e. The third-order valence-corrected chi connectivity index (χ3v) is 10.3. The molecule has 4 aliphatic rings. The van der Waals surface area contributed by atoms with Gasteiger partial charge in [0.2, 0.25) is 0 Å². The molecular formula is C24H39KO5. The molecular weight excluding hydrogens is 407 g/mol. The Hall–Kier alpha value is 0.986. The fraction of sp³-hybridized carbons (Fsp3) is 0.958. The van der Waals surface area contributed by atoms with E-state index in [-0.39, 0.29) is 105 Å². The summed E-state index contributed by atoms with van der Waals surface area (Å²) in [4.78, 5) is 11.0. The molecule has 6 heteroatoms. The third-order valence-electron chi connectivity index (χ3n) is 10.3. The first-order valence-electron chi connectivity index (χ1n) is 11.8. The van der Waals surface area contributed by atoms with Crippen molar-refractivity contribution in [3.8, 4) is 0 Å². The summed E-state index contributed by atoms with van der Waals surface area (Å²) in [6.45, 7) is 6.67. The van der Waals surface area contributed by atoms with E-state index < -0.39 is 12.1 Å². The van der Waals surface area contributed by atoms with Gasteiger partial charge in [0.25, 0.3) is 0 Å². The predicted molar refractivity (Wildman–Crippen MR) is 107 cm³/mol. The minimum absolute atomic E-state index is 0. The van der Waals surface area contributed by atoms with E-state index in [1.165, 1.54) is 0 Å². The van der Waals surface area contributed by atoms with Gasteiger partial charge < -0.3 is 25.2 Å². The van der Waals surface area contributed by atoms with Crippen molar-refractivity contribution in [3.05, 3.63) is 0 Å². The van der Waals surface area contributed by atoms with Crippen LogP contribution >= 0.6 is 0 Å². The fourth-order valence-electron chi connectivity index (χ4n) is 8.68. The molecule has 0 bridgehead atoms. The molecule has 0 amide bonds. The van der Waals surface area contributed by atoms with Crippen molar-refractivity contribution >= 4 is 5.97 Å². The fourth-order valence-corrected chi connectivity index (χ4v) is 8.68. The van der Waals surface area contributed by atoms with Crippen molar-refractivity contribution in [2.75, 3.05) is 0 Å².